The molecule has 78 valence electrons. The van der Waals surface area contributed by atoms with Gasteiger partial charge in [-0.15, -0.1) is 0 Å². The Morgan fingerprint density at radius 1 is 1.50 bits per heavy atom. The van der Waals surface area contributed by atoms with Crippen LogP contribution in [0.3, 0.4) is 0 Å². The van der Waals surface area contributed by atoms with Crippen molar-refractivity contribution in [3.63, 3.8) is 0 Å². The van der Waals surface area contributed by atoms with Gasteiger partial charge in [0.15, 0.2) is 0 Å². The highest BCUT2D eigenvalue weighted by Gasteiger charge is 2.12. The van der Waals surface area contributed by atoms with Crippen molar-refractivity contribution >= 4 is 0 Å². The molecule has 0 fully saturated rings. The van der Waals surface area contributed by atoms with Gasteiger partial charge in [-0.05, 0) is 33.3 Å². The van der Waals surface area contributed by atoms with Crippen molar-refractivity contribution in [3.05, 3.63) is 28.2 Å². The van der Waals surface area contributed by atoms with E-state index >= 15 is 0 Å². The first-order valence-electron chi connectivity index (χ1n) is 4.66. The molecular formula is C10H16N2O2. The third-order valence-corrected chi connectivity index (χ3v) is 1.94. The monoisotopic (exact) mass is 196 g/mol. The number of aromatic nitrogens is 2. The largest absolute Gasteiger partial charge is 0.390 e. The van der Waals surface area contributed by atoms with Crippen LogP contribution in [-0.4, -0.2) is 20.5 Å². The molecule has 1 aromatic rings. The number of aliphatic hydroxyl groups is 1. The van der Waals surface area contributed by atoms with E-state index in [2.05, 4.69) is 5.10 Å². The van der Waals surface area contributed by atoms with Crippen molar-refractivity contribution in [2.45, 2.75) is 39.3 Å². The van der Waals surface area contributed by atoms with Crippen LogP contribution in [0.4, 0.5) is 0 Å². The highest BCUT2D eigenvalue weighted by molar-refractivity contribution is 4.97. The first-order chi connectivity index (χ1) is 6.38. The highest BCUT2D eigenvalue weighted by atomic mass is 16.3. The van der Waals surface area contributed by atoms with E-state index < -0.39 is 5.60 Å². The Balaban J connectivity index is 2.77. The van der Waals surface area contributed by atoms with E-state index in [-0.39, 0.29) is 5.56 Å². The molecule has 0 saturated heterocycles. The first-order valence-corrected chi connectivity index (χ1v) is 4.66. The summed E-state index contributed by atoms with van der Waals surface area (Å²) < 4.78 is 1.38. The van der Waals surface area contributed by atoms with Crippen molar-refractivity contribution in [3.8, 4) is 0 Å². The minimum Gasteiger partial charge on any atom is -0.390 e. The third kappa shape index (κ3) is 3.30. The molecule has 0 aliphatic carbocycles. The predicted molar refractivity (Wildman–Crippen MR) is 54.1 cm³/mol. The lowest BCUT2D eigenvalue weighted by Crippen LogP contribution is -2.28. The molecule has 0 spiro atoms. The molecule has 0 amide bonds. The number of nitrogens with zero attached hydrogens (tertiary/aromatic N) is 2. The van der Waals surface area contributed by atoms with Crippen LogP contribution in [0.25, 0.3) is 0 Å². The van der Waals surface area contributed by atoms with E-state index in [1.807, 2.05) is 6.92 Å². The Hall–Kier alpha value is -1.16. The minimum atomic E-state index is -0.759. The average Bonchev–Trinajstić information content (AvgIpc) is 2.05. The highest BCUT2D eigenvalue weighted by Crippen LogP contribution is 2.07. The molecule has 0 radical (unpaired) electrons. The quantitative estimate of drug-likeness (QED) is 0.774. The van der Waals surface area contributed by atoms with Gasteiger partial charge in [0, 0.05) is 12.6 Å². The van der Waals surface area contributed by atoms with Crippen molar-refractivity contribution in [1.29, 1.82) is 0 Å². The molecule has 1 heterocycles. The second-order valence-electron chi connectivity index (χ2n) is 4.10. The van der Waals surface area contributed by atoms with Crippen molar-refractivity contribution < 1.29 is 5.11 Å². The fourth-order valence-corrected chi connectivity index (χ4v) is 1.09. The van der Waals surface area contributed by atoms with Gasteiger partial charge in [-0.25, -0.2) is 4.68 Å². The van der Waals surface area contributed by atoms with Gasteiger partial charge in [0.25, 0.3) is 5.56 Å². The number of hydrogen-bond acceptors (Lipinski definition) is 3. The molecule has 1 N–H and O–H groups in total. The molecule has 0 aliphatic heterocycles. The van der Waals surface area contributed by atoms with Gasteiger partial charge in [-0.1, -0.05) is 0 Å². The summed E-state index contributed by atoms with van der Waals surface area (Å²) in [5.74, 6) is 0. The Labute approximate surface area is 83.2 Å². The normalized spacial score (nSPS) is 11.7. The second-order valence-corrected chi connectivity index (χ2v) is 4.10. The van der Waals surface area contributed by atoms with Gasteiger partial charge in [-0.2, -0.15) is 5.10 Å². The Morgan fingerprint density at radius 2 is 2.14 bits per heavy atom. The molecule has 1 rings (SSSR count). The molecule has 0 aromatic carbocycles. The van der Waals surface area contributed by atoms with Crippen molar-refractivity contribution in [1.82, 2.24) is 9.78 Å². The lowest BCUT2D eigenvalue weighted by Gasteiger charge is -2.16. The van der Waals surface area contributed by atoms with Crippen LogP contribution in [0.5, 0.6) is 0 Å². The van der Waals surface area contributed by atoms with Crippen LogP contribution in [0, 0.1) is 6.92 Å². The molecule has 1 aromatic heterocycles. The molecule has 0 saturated carbocycles. The summed E-state index contributed by atoms with van der Waals surface area (Å²) in [5.41, 5.74) is -0.0783. The molecular weight excluding hydrogens is 180 g/mol. The summed E-state index contributed by atoms with van der Waals surface area (Å²) in [6.07, 6.45) is 0.517. The summed E-state index contributed by atoms with van der Waals surface area (Å²) in [7, 11) is 0. The van der Waals surface area contributed by atoms with Crippen LogP contribution < -0.4 is 5.56 Å². The maximum atomic E-state index is 11.3. The molecule has 4 nitrogen and oxygen atoms in total. The first kappa shape index (κ1) is 10.9. The standard InChI is InChI=1S/C10H16N2O2/c1-8-4-5-9(13)12(11-8)7-6-10(2,3)14/h4-5,14H,6-7H2,1-3H3. The number of aryl methyl sites for hydroxylation is 2. The van der Waals surface area contributed by atoms with E-state index in [0.717, 1.165) is 5.69 Å². The van der Waals surface area contributed by atoms with Gasteiger partial charge in [0.05, 0.1) is 11.3 Å². The van der Waals surface area contributed by atoms with Crippen LogP contribution in [0.15, 0.2) is 16.9 Å². The van der Waals surface area contributed by atoms with E-state index in [1.54, 1.807) is 19.9 Å². The number of hydrogen-bond donors (Lipinski definition) is 1. The van der Waals surface area contributed by atoms with Gasteiger partial charge in [0.1, 0.15) is 0 Å². The molecule has 0 atom stereocenters. The van der Waals surface area contributed by atoms with Gasteiger partial charge < -0.3 is 5.11 Å². The zero-order chi connectivity index (χ0) is 10.8. The van der Waals surface area contributed by atoms with Gasteiger partial charge in [0.2, 0.25) is 0 Å². The van der Waals surface area contributed by atoms with E-state index in [1.165, 1.54) is 10.7 Å². The van der Waals surface area contributed by atoms with Crippen LogP contribution in [0.2, 0.25) is 0 Å². The fourth-order valence-electron chi connectivity index (χ4n) is 1.09. The third-order valence-electron chi connectivity index (χ3n) is 1.94. The maximum absolute atomic E-state index is 11.3. The smallest absolute Gasteiger partial charge is 0.266 e. The molecule has 0 bridgehead atoms. The zero-order valence-corrected chi connectivity index (χ0v) is 8.82. The zero-order valence-electron chi connectivity index (χ0n) is 8.82. The molecule has 14 heavy (non-hydrogen) atoms. The number of rotatable bonds is 3. The average molecular weight is 196 g/mol. The Bertz CT molecular complexity index is 363. The predicted octanol–water partition coefficient (Wildman–Crippen LogP) is 0.713. The summed E-state index contributed by atoms with van der Waals surface area (Å²) in [4.78, 5) is 11.3. The van der Waals surface area contributed by atoms with Gasteiger partial charge in [-0.3, -0.25) is 4.79 Å². The summed E-state index contributed by atoms with van der Waals surface area (Å²) in [6.45, 7) is 5.71. The lowest BCUT2D eigenvalue weighted by molar-refractivity contribution is 0.0646. The fraction of sp³-hybridized carbons (Fsp3) is 0.600. The topological polar surface area (TPSA) is 55.1 Å². The van der Waals surface area contributed by atoms with E-state index in [0.29, 0.717) is 13.0 Å². The lowest BCUT2D eigenvalue weighted by atomic mass is 10.1. The van der Waals surface area contributed by atoms with E-state index in [4.69, 9.17) is 0 Å². The molecule has 4 heteroatoms. The van der Waals surface area contributed by atoms with Crippen molar-refractivity contribution in [2.75, 3.05) is 0 Å². The van der Waals surface area contributed by atoms with Crippen LogP contribution in [0.1, 0.15) is 26.0 Å². The maximum Gasteiger partial charge on any atom is 0.266 e. The Kier molecular flexibility index (Phi) is 3.06. The molecule has 0 aliphatic rings. The van der Waals surface area contributed by atoms with Gasteiger partial charge >= 0.3 is 0 Å². The molecule has 0 unspecified atom stereocenters. The minimum absolute atomic E-state index is 0.125. The summed E-state index contributed by atoms with van der Waals surface area (Å²) >= 11 is 0. The Morgan fingerprint density at radius 3 is 2.71 bits per heavy atom. The SMILES string of the molecule is Cc1ccc(=O)n(CCC(C)(C)O)n1. The van der Waals surface area contributed by atoms with E-state index in [9.17, 15) is 9.90 Å². The summed E-state index contributed by atoms with van der Waals surface area (Å²) in [5, 5.41) is 13.6. The summed E-state index contributed by atoms with van der Waals surface area (Å²) in [6, 6.07) is 3.18. The second kappa shape index (κ2) is 3.92. The van der Waals surface area contributed by atoms with Crippen LogP contribution in [-0.2, 0) is 6.54 Å². The van der Waals surface area contributed by atoms with Crippen LogP contribution >= 0.6 is 0 Å². The van der Waals surface area contributed by atoms with Crippen molar-refractivity contribution in [2.24, 2.45) is 0 Å².